The molecule has 0 fully saturated rings. The molecule has 0 aliphatic carbocycles. The Morgan fingerprint density at radius 1 is 1.04 bits per heavy atom. The highest BCUT2D eigenvalue weighted by Crippen LogP contribution is 2.16. The molecule has 6 heteroatoms. The van der Waals surface area contributed by atoms with Gasteiger partial charge in [0.15, 0.2) is 0 Å². The lowest BCUT2D eigenvalue weighted by Gasteiger charge is -2.17. The minimum atomic E-state index is -3.55. The highest BCUT2D eigenvalue weighted by Gasteiger charge is 2.17. The number of carbonyl (C=O) groups excluding carboxylic acids is 1. The van der Waals surface area contributed by atoms with Crippen LogP contribution in [0.25, 0.3) is 0 Å². The van der Waals surface area contributed by atoms with E-state index >= 15 is 0 Å². The molecule has 1 amide bonds. The molecule has 2 aromatic rings. The van der Waals surface area contributed by atoms with Crippen molar-refractivity contribution in [1.82, 2.24) is 4.72 Å². The number of carbonyl (C=O) groups is 1. The van der Waals surface area contributed by atoms with Crippen molar-refractivity contribution in [1.29, 1.82) is 0 Å². The molecule has 0 aliphatic heterocycles. The molecule has 0 saturated heterocycles. The van der Waals surface area contributed by atoms with E-state index in [4.69, 9.17) is 0 Å². The summed E-state index contributed by atoms with van der Waals surface area (Å²) in [6.07, 6.45) is 0. The van der Waals surface area contributed by atoms with Crippen molar-refractivity contribution in [2.45, 2.75) is 18.7 Å². The number of amides is 1. The summed E-state index contributed by atoms with van der Waals surface area (Å²) in [6.45, 7) is 4.24. The number of nitrogens with one attached hydrogen (secondary N) is 1. The lowest BCUT2D eigenvalue weighted by atomic mass is 10.2. The average molecular weight is 346 g/mol. The van der Waals surface area contributed by atoms with E-state index in [9.17, 15) is 13.2 Å². The summed E-state index contributed by atoms with van der Waals surface area (Å²) >= 11 is 0. The Morgan fingerprint density at radius 3 is 2.17 bits per heavy atom. The molecular formula is C18H22N2O3S. The zero-order valence-corrected chi connectivity index (χ0v) is 14.9. The first-order valence-electron chi connectivity index (χ1n) is 7.74. The van der Waals surface area contributed by atoms with Gasteiger partial charge in [0.2, 0.25) is 10.0 Å². The van der Waals surface area contributed by atoms with Crippen LogP contribution in [0.15, 0.2) is 59.5 Å². The Bertz CT molecular complexity index is 785. The molecule has 0 bridgehead atoms. The number of benzene rings is 2. The van der Waals surface area contributed by atoms with Crippen molar-refractivity contribution in [3.05, 3.63) is 60.2 Å². The maximum absolute atomic E-state index is 12.5. The van der Waals surface area contributed by atoms with Crippen LogP contribution in [-0.4, -0.2) is 27.9 Å². The van der Waals surface area contributed by atoms with E-state index in [2.05, 4.69) is 4.72 Å². The van der Waals surface area contributed by atoms with Crippen LogP contribution in [0.3, 0.4) is 0 Å². The summed E-state index contributed by atoms with van der Waals surface area (Å²) in [7, 11) is -1.86. The molecule has 24 heavy (non-hydrogen) atoms. The van der Waals surface area contributed by atoms with Crippen molar-refractivity contribution in [2.75, 3.05) is 18.5 Å². The monoisotopic (exact) mass is 346 g/mol. The number of anilines is 1. The molecule has 0 unspecified atom stereocenters. The fraction of sp³-hybridized carbons (Fsp3) is 0.278. The number of para-hydroxylation sites is 1. The lowest BCUT2D eigenvalue weighted by Crippen LogP contribution is -2.28. The Morgan fingerprint density at radius 2 is 1.62 bits per heavy atom. The molecule has 0 atom stereocenters. The highest BCUT2D eigenvalue weighted by atomic mass is 32.2. The fourth-order valence-corrected chi connectivity index (χ4v) is 3.31. The minimum absolute atomic E-state index is 0.155. The number of hydrogen-bond acceptors (Lipinski definition) is 3. The topological polar surface area (TPSA) is 66.5 Å². The second kappa shape index (κ2) is 7.59. The SMILES string of the molecule is CC(C)CNS(=O)(=O)c1ccc(C(=O)N(C)c2ccccc2)cc1. The maximum atomic E-state index is 12.5. The van der Waals surface area contributed by atoms with Crippen molar-refractivity contribution in [3.8, 4) is 0 Å². The summed E-state index contributed by atoms with van der Waals surface area (Å²) in [5.41, 5.74) is 1.21. The van der Waals surface area contributed by atoms with E-state index in [1.807, 2.05) is 44.2 Å². The number of nitrogens with zero attached hydrogens (tertiary/aromatic N) is 1. The van der Waals surface area contributed by atoms with Crippen LogP contribution in [0.5, 0.6) is 0 Å². The van der Waals surface area contributed by atoms with E-state index in [1.165, 1.54) is 29.2 Å². The fourth-order valence-electron chi connectivity index (χ4n) is 2.10. The van der Waals surface area contributed by atoms with Crippen LogP contribution < -0.4 is 9.62 Å². The Balaban J connectivity index is 2.16. The predicted octanol–water partition coefficient (Wildman–Crippen LogP) is 2.90. The molecule has 128 valence electrons. The number of rotatable bonds is 6. The van der Waals surface area contributed by atoms with Crippen LogP contribution in [-0.2, 0) is 10.0 Å². The van der Waals surface area contributed by atoms with Gasteiger partial charge in [-0.05, 0) is 42.3 Å². The van der Waals surface area contributed by atoms with Crippen LogP contribution in [0, 0.1) is 5.92 Å². The van der Waals surface area contributed by atoms with Crippen LogP contribution in [0.2, 0.25) is 0 Å². The van der Waals surface area contributed by atoms with E-state index in [-0.39, 0.29) is 16.7 Å². The first-order chi connectivity index (χ1) is 11.3. The van der Waals surface area contributed by atoms with Gasteiger partial charge in [-0.2, -0.15) is 0 Å². The van der Waals surface area contributed by atoms with Gasteiger partial charge >= 0.3 is 0 Å². The van der Waals surface area contributed by atoms with E-state index < -0.39 is 10.0 Å². The van der Waals surface area contributed by atoms with E-state index in [0.29, 0.717) is 12.1 Å². The van der Waals surface area contributed by atoms with Gasteiger partial charge in [0, 0.05) is 24.8 Å². The smallest absolute Gasteiger partial charge is 0.258 e. The van der Waals surface area contributed by atoms with Crippen molar-refractivity contribution in [3.63, 3.8) is 0 Å². The number of sulfonamides is 1. The van der Waals surface area contributed by atoms with Gasteiger partial charge < -0.3 is 4.90 Å². The third-order valence-corrected chi connectivity index (χ3v) is 4.98. The zero-order chi connectivity index (χ0) is 17.7. The molecule has 0 heterocycles. The van der Waals surface area contributed by atoms with Crippen molar-refractivity contribution >= 4 is 21.6 Å². The van der Waals surface area contributed by atoms with Gasteiger partial charge in [0.1, 0.15) is 0 Å². The molecule has 1 N–H and O–H groups in total. The molecule has 0 aromatic heterocycles. The summed E-state index contributed by atoms with van der Waals surface area (Å²) in [5.74, 6) is 0.0282. The molecule has 2 rings (SSSR count). The maximum Gasteiger partial charge on any atom is 0.258 e. The summed E-state index contributed by atoms with van der Waals surface area (Å²) < 4.78 is 26.9. The predicted molar refractivity (Wildman–Crippen MR) is 95.6 cm³/mol. The molecule has 0 spiro atoms. The summed E-state index contributed by atoms with van der Waals surface area (Å²) in [6, 6.07) is 15.2. The first-order valence-corrected chi connectivity index (χ1v) is 9.22. The average Bonchev–Trinajstić information content (AvgIpc) is 2.59. The Hall–Kier alpha value is -2.18. The van der Waals surface area contributed by atoms with Gasteiger partial charge in [0.25, 0.3) is 5.91 Å². The quantitative estimate of drug-likeness (QED) is 0.874. The molecule has 0 aliphatic rings. The molecular weight excluding hydrogens is 324 g/mol. The van der Waals surface area contributed by atoms with Crippen LogP contribution in [0.4, 0.5) is 5.69 Å². The number of hydrogen-bond donors (Lipinski definition) is 1. The third kappa shape index (κ3) is 4.43. The third-order valence-electron chi connectivity index (χ3n) is 3.54. The summed E-state index contributed by atoms with van der Waals surface area (Å²) in [4.78, 5) is 14.2. The molecule has 5 nitrogen and oxygen atoms in total. The largest absolute Gasteiger partial charge is 0.311 e. The molecule has 0 saturated carbocycles. The molecule has 0 radical (unpaired) electrons. The molecule has 2 aromatic carbocycles. The Labute approximate surface area is 143 Å². The highest BCUT2D eigenvalue weighted by molar-refractivity contribution is 7.89. The minimum Gasteiger partial charge on any atom is -0.311 e. The van der Waals surface area contributed by atoms with Crippen LogP contribution in [0.1, 0.15) is 24.2 Å². The van der Waals surface area contributed by atoms with Gasteiger partial charge in [-0.3, -0.25) is 4.79 Å². The standard InChI is InChI=1S/C18H22N2O3S/c1-14(2)13-19-24(22,23)17-11-9-15(10-12-17)18(21)20(3)16-7-5-4-6-8-16/h4-12,14,19H,13H2,1-3H3. The van der Waals surface area contributed by atoms with Crippen LogP contribution >= 0.6 is 0 Å². The van der Waals surface area contributed by atoms with Crippen molar-refractivity contribution < 1.29 is 13.2 Å². The normalized spacial score (nSPS) is 11.5. The lowest BCUT2D eigenvalue weighted by molar-refractivity contribution is 0.0993. The van der Waals surface area contributed by atoms with Gasteiger partial charge in [-0.1, -0.05) is 32.0 Å². The second-order valence-corrected chi connectivity index (χ2v) is 7.74. The van der Waals surface area contributed by atoms with Gasteiger partial charge in [-0.25, -0.2) is 13.1 Å². The van der Waals surface area contributed by atoms with Crippen molar-refractivity contribution in [2.24, 2.45) is 5.92 Å². The Kier molecular flexibility index (Phi) is 5.75. The summed E-state index contributed by atoms with van der Waals surface area (Å²) in [5, 5.41) is 0. The van der Waals surface area contributed by atoms with Gasteiger partial charge in [0.05, 0.1) is 4.90 Å². The van der Waals surface area contributed by atoms with E-state index in [1.54, 1.807) is 7.05 Å². The second-order valence-electron chi connectivity index (χ2n) is 5.97. The van der Waals surface area contributed by atoms with Gasteiger partial charge in [-0.15, -0.1) is 0 Å². The van der Waals surface area contributed by atoms with E-state index in [0.717, 1.165) is 5.69 Å². The zero-order valence-electron chi connectivity index (χ0n) is 14.1. The first kappa shape index (κ1) is 18.2.